The highest BCUT2D eigenvalue weighted by atomic mass is 32.2. The first-order valence-electron chi connectivity index (χ1n) is 7.64. The van der Waals surface area contributed by atoms with Crippen molar-refractivity contribution in [2.24, 2.45) is 17.3 Å². The van der Waals surface area contributed by atoms with E-state index in [4.69, 9.17) is 4.74 Å². The van der Waals surface area contributed by atoms with Gasteiger partial charge in [-0.1, -0.05) is 43.7 Å². The average Bonchev–Trinajstić information content (AvgIpc) is 2.95. The van der Waals surface area contributed by atoms with Crippen molar-refractivity contribution in [2.75, 3.05) is 6.26 Å². The third kappa shape index (κ3) is 3.83. The van der Waals surface area contributed by atoms with Gasteiger partial charge in [-0.3, -0.25) is 4.79 Å². The molecule has 23 heavy (non-hydrogen) atoms. The number of carbonyl (C=O) groups excluding carboxylic acids is 1. The largest absolute Gasteiger partial charge is 0.461 e. The van der Waals surface area contributed by atoms with Crippen LogP contribution in [0.1, 0.15) is 33.3 Å². The molecule has 1 aliphatic rings. The van der Waals surface area contributed by atoms with Gasteiger partial charge in [0.1, 0.15) is 6.61 Å². The fraction of sp³-hybridized carbons (Fsp3) is 0.500. The summed E-state index contributed by atoms with van der Waals surface area (Å²) in [6.07, 6.45) is 3.26. The summed E-state index contributed by atoms with van der Waals surface area (Å²) in [6.45, 7) is 8.11. The molecular weight excluding hydrogens is 312 g/mol. The number of carbonyl (C=O) groups is 1. The summed E-state index contributed by atoms with van der Waals surface area (Å²) in [4.78, 5) is 12.6. The van der Waals surface area contributed by atoms with E-state index in [1.54, 1.807) is 18.2 Å². The first-order chi connectivity index (χ1) is 10.5. The summed E-state index contributed by atoms with van der Waals surface area (Å²) in [7, 11) is -3.34. The molecule has 0 aliphatic heterocycles. The van der Waals surface area contributed by atoms with E-state index in [2.05, 4.69) is 6.08 Å². The van der Waals surface area contributed by atoms with Crippen molar-refractivity contribution in [1.29, 1.82) is 0 Å². The molecule has 0 radical (unpaired) electrons. The number of ether oxygens (including phenoxy) is 1. The molecule has 0 amide bonds. The predicted octanol–water partition coefficient (Wildman–Crippen LogP) is 3.37. The maximum atomic E-state index is 12.3. The first-order valence-corrected chi connectivity index (χ1v) is 9.54. The topological polar surface area (TPSA) is 60.4 Å². The van der Waals surface area contributed by atoms with Crippen LogP contribution in [0.2, 0.25) is 0 Å². The Morgan fingerprint density at radius 2 is 1.87 bits per heavy atom. The second kappa shape index (κ2) is 6.11. The second-order valence-corrected chi connectivity index (χ2v) is 9.04. The van der Waals surface area contributed by atoms with Crippen LogP contribution in [0.3, 0.4) is 0 Å². The molecule has 1 aromatic rings. The molecule has 1 fully saturated rings. The van der Waals surface area contributed by atoms with E-state index in [0.29, 0.717) is 5.56 Å². The molecule has 1 aromatic carbocycles. The van der Waals surface area contributed by atoms with Gasteiger partial charge in [0.25, 0.3) is 0 Å². The first kappa shape index (κ1) is 17.7. The number of esters is 1. The third-order valence-corrected chi connectivity index (χ3v) is 5.62. The fourth-order valence-corrected chi connectivity index (χ4v) is 3.95. The van der Waals surface area contributed by atoms with Crippen molar-refractivity contribution < 1.29 is 17.9 Å². The Kier molecular flexibility index (Phi) is 4.71. The summed E-state index contributed by atoms with van der Waals surface area (Å²) in [5, 5.41) is 0. The quantitative estimate of drug-likeness (QED) is 0.611. The van der Waals surface area contributed by atoms with Crippen molar-refractivity contribution in [3.63, 3.8) is 0 Å². The van der Waals surface area contributed by atoms with Gasteiger partial charge in [0.05, 0.1) is 10.8 Å². The van der Waals surface area contributed by atoms with E-state index < -0.39 is 9.84 Å². The number of rotatable bonds is 5. The molecular formula is C18H24O4S. The van der Waals surface area contributed by atoms with E-state index in [0.717, 1.165) is 6.26 Å². The zero-order chi connectivity index (χ0) is 17.4. The van der Waals surface area contributed by atoms with E-state index in [1.165, 1.54) is 11.6 Å². The van der Waals surface area contributed by atoms with Crippen molar-refractivity contribution >= 4 is 15.8 Å². The average molecular weight is 336 g/mol. The highest BCUT2D eigenvalue weighted by Crippen LogP contribution is 2.59. The Hall–Kier alpha value is -1.62. The molecule has 1 aliphatic carbocycles. The van der Waals surface area contributed by atoms with E-state index in [-0.39, 0.29) is 34.7 Å². The third-order valence-electron chi connectivity index (χ3n) is 4.42. The molecule has 0 saturated heterocycles. The van der Waals surface area contributed by atoms with Gasteiger partial charge in [0.15, 0.2) is 9.84 Å². The molecule has 2 atom stereocenters. The van der Waals surface area contributed by atoms with Crippen molar-refractivity contribution in [3.05, 3.63) is 41.5 Å². The van der Waals surface area contributed by atoms with Gasteiger partial charge in [0, 0.05) is 11.8 Å². The maximum Gasteiger partial charge on any atom is 0.310 e. The zero-order valence-electron chi connectivity index (χ0n) is 14.3. The van der Waals surface area contributed by atoms with Gasteiger partial charge in [-0.25, -0.2) is 8.42 Å². The number of allylic oxidation sites excluding steroid dienone is 2. The lowest BCUT2D eigenvalue weighted by atomic mass is 10.1. The van der Waals surface area contributed by atoms with Gasteiger partial charge in [-0.15, -0.1) is 0 Å². The van der Waals surface area contributed by atoms with Crippen LogP contribution in [-0.4, -0.2) is 20.6 Å². The molecule has 0 unspecified atom stereocenters. The van der Waals surface area contributed by atoms with E-state index in [9.17, 15) is 13.2 Å². The summed E-state index contributed by atoms with van der Waals surface area (Å²) in [5.74, 6) is -0.242. The van der Waals surface area contributed by atoms with Crippen LogP contribution in [0, 0.1) is 17.3 Å². The molecule has 0 aromatic heterocycles. The van der Waals surface area contributed by atoms with E-state index in [1.807, 2.05) is 27.7 Å². The Balaban J connectivity index is 2.09. The Morgan fingerprint density at radius 3 is 2.43 bits per heavy atom. The van der Waals surface area contributed by atoms with Gasteiger partial charge in [-0.05, 0) is 31.2 Å². The van der Waals surface area contributed by atoms with Crippen molar-refractivity contribution in [1.82, 2.24) is 0 Å². The molecule has 0 spiro atoms. The summed E-state index contributed by atoms with van der Waals surface area (Å²) < 4.78 is 28.9. The minimum Gasteiger partial charge on any atom is -0.461 e. The molecule has 0 N–H and O–H groups in total. The zero-order valence-corrected chi connectivity index (χ0v) is 15.1. The van der Waals surface area contributed by atoms with Gasteiger partial charge in [0.2, 0.25) is 0 Å². The number of hydrogen-bond donors (Lipinski definition) is 0. The Bertz CT molecular complexity index is 740. The molecule has 1 saturated carbocycles. The van der Waals surface area contributed by atoms with E-state index >= 15 is 0 Å². The lowest BCUT2D eigenvalue weighted by Crippen LogP contribution is -2.12. The van der Waals surface area contributed by atoms with Crippen LogP contribution in [0.4, 0.5) is 0 Å². The molecule has 2 rings (SSSR count). The SMILES string of the molecule is CC(C)=C[C@@H]1[C@@H](C(=O)OCc2ccccc2S(C)(=O)=O)C1(C)C. The van der Waals surface area contributed by atoms with Crippen LogP contribution in [0.25, 0.3) is 0 Å². The standard InChI is InChI=1S/C18H24O4S/c1-12(2)10-14-16(18(14,3)4)17(19)22-11-13-8-6-7-9-15(13)23(5,20)21/h6-10,14,16H,11H2,1-5H3/t14-,16+/m1/s1. The van der Waals surface area contributed by atoms with Crippen molar-refractivity contribution in [3.8, 4) is 0 Å². The fourth-order valence-electron chi connectivity index (χ4n) is 3.02. The molecule has 0 bridgehead atoms. The summed E-state index contributed by atoms with van der Waals surface area (Å²) >= 11 is 0. The number of hydrogen-bond acceptors (Lipinski definition) is 4. The predicted molar refractivity (Wildman–Crippen MR) is 89.5 cm³/mol. The second-order valence-electron chi connectivity index (χ2n) is 7.06. The monoisotopic (exact) mass is 336 g/mol. The lowest BCUT2D eigenvalue weighted by Gasteiger charge is -2.09. The van der Waals surface area contributed by atoms with Gasteiger partial charge >= 0.3 is 5.97 Å². The number of sulfone groups is 1. The molecule has 0 heterocycles. The Morgan fingerprint density at radius 1 is 1.26 bits per heavy atom. The normalized spacial score (nSPS) is 22.3. The van der Waals surface area contributed by atoms with Crippen LogP contribution in [-0.2, 0) is 26.0 Å². The van der Waals surface area contributed by atoms with Crippen LogP contribution in [0.5, 0.6) is 0 Å². The minimum atomic E-state index is -3.34. The van der Waals surface area contributed by atoms with Crippen molar-refractivity contribution in [2.45, 2.75) is 39.2 Å². The maximum absolute atomic E-state index is 12.3. The molecule has 4 nitrogen and oxygen atoms in total. The summed E-state index contributed by atoms with van der Waals surface area (Å²) in [5.41, 5.74) is 1.59. The Labute approximate surface area is 138 Å². The van der Waals surface area contributed by atoms with Crippen LogP contribution in [0.15, 0.2) is 40.8 Å². The van der Waals surface area contributed by atoms with Crippen LogP contribution < -0.4 is 0 Å². The molecule has 5 heteroatoms. The lowest BCUT2D eigenvalue weighted by molar-refractivity contribution is -0.147. The summed E-state index contributed by atoms with van der Waals surface area (Å²) in [6, 6.07) is 6.61. The van der Waals surface area contributed by atoms with Crippen LogP contribution >= 0.6 is 0 Å². The smallest absolute Gasteiger partial charge is 0.310 e. The highest BCUT2D eigenvalue weighted by Gasteiger charge is 2.61. The molecule has 126 valence electrons. The number of benzene rings is 1. The highest BCUT2D eigenvalue weighted by molar-refractivity contribution is 7.90. The van der Waals surface area contributed by atoms with Gasteiger partial charge in [-0.2, -0.15) is 0 Å². The van der Waals surface area contributed by atoms with Gasteiger partial charge < -0.3 is 4.74 Å². The minimum absolute atomic E-state index is 0.0177.